The molecule has 3 amide bonds. The van der Waals surface area contributed by atoms with E-state index < -0.39 is 11.8 Å². The summed E-state index contributed by atoms with van der Waals surface area (Å²) in [6, 6.07) is 30.4. The van der Waals surface area contributed by atoms with Crippen LogP contribution in [0.2, 0.25) is 5.02 Å². The molecule has 202 valence electrons. The predicted octanol–water partition coefficient (Wildman–Crippen LogP) is 7.18. The standard InChI is InChI=1S/C32H28ClN3O3S/c1-21-14-16-26(17-15-21)34-30(37)22(2)40-28-13-7-12-27(20-28)35-32(39)29(19-23-8-6-11-25(33)18-23)36-31(38)24-9-4-3-5-10-24/h3-20,22H,1-2H3,(H,34,37)(H,35,39)(H,36,38)/b29-19-. The van der Waals surface area contributed by atoms with Crippen molar-refractivity contribution >= 4 is 58.5 Å². The number of hydrogen-bond acceptors (Lipinski definition) is 4. The molecule has 0 saturated heterocycles. The lowest BCUT2D eigenvalue weighted by Crippen LogP contribution is -2.30. The summed E-state index contributed by atoms with van der Waals surface area (Å²) in [6.07, 6.45) is 1.57. The predicted molar refractivity (Wildman–Crippen MR) is 164 cm³/mol. The van der Waals surface area contributed by atoms with Gasteiger partial charge < -0.3 is 16.0 Å². The average molecular weight is 570 g/mol. The maximum atomic E-state index is 13.3. The summed E-state index contributed by atoms with van der Waals surface area (Å²) in [4.78, 5) is 39.7. The molecule has 8 heteroatoms. The lowest BCUT2D eigenvalue weighted by molar-refractivity contribution is -0.115. The van der Waals surface area contributed by atoms with Crippen LogP contribution in [-0.4, -0.2) is 23.0 Å². The Morgan fingerprint density at radius 1 is 0.800 bits per heavy atom. The summed E-state index contributed by atoms with van der Waals surface area (Å²) in [7, 11) is 0. The van der Waals surface area contributed by atoms with E-state index in [1.807, 2.05) is 50.2 Å². The summed E-state index contributed by atoms with van der Waals surface area (Å²) < 4.78 is 0. The highest BCUT2D eigenvalue weighted by molar-refractivity contribution is 8.00. The van der Waals surface area contributed by atoms with Crippen molar-refractivity contribution in [1.29, 1.82) is 0 Å². The lowest BCUT2D eigenvalue weighted by atomic mass is 10.1. The summed E-state index contributed by atoms with van der Waals surface area (Å²) in [5, 5.41) is 8.62. The molecule has 0 spiro atoms. The van der Waals surface area contributed by atoms with E-state index >= 15 is 0 Å². The first kappa shape index (κ1) is 28.7. The number of aryl methyl sites for hydroxylation is 1. The molecule has 1 unspecified atom stereocenters. The fourth-order valence-corrected chi connectivity index (χ4v) is 4.81. The van der Waals surface area contributed by atoms with E-state index in [4.69, 9.17) is 11.6 Å². The van der Waals surface area contributed by atoms with Gasteiger partial charge in [0.15, 0.2) is 0 Å². The van der Waals surface area contributed by atoms with Gasteiger partial charge in [-0.1, -0.05) is 65.7 Å². The van der Waals surface area contributed by atoms with Gasteiger partial charge in [-0.2, -0.15) is 0 Å². The average Bonchev–Trinajstić information content (AvgIpc) is 2.94. The Morgan fingerprint density at radius 2 is 1.52 bits per heavy atom. The molecule has 4 rings (SSSR count). The van der Waals surface area contributed by atoms with Crippen LogP contribution in [0.1, 0.15) is 28.4 Å². The minimum atomic E-state index is -0.503. The van der Waals surface area contributed by atoms with Gasteiger partial charge in [-0.3, -0.25) is 14.4 Å². The second kappa shape index (κ2) is 13.6. The molecule has 4 aromatic rings. The first-order valence-corrected chi connectivity index (χ1v) is 13.8. The maximum absolute atomic E-state index is 13.3. The van der Waals surface area contributed by atoms with Gasteiger partial charge in [-0.25, -0.2) is 0 Å². The fourth-order valence-electron chi connectivity index (χ4n) is 3.69. The molecule has 0 heterocycles. The molecule has 0 fully saturated rings. The number of benzene rings is 4. The first-order valence-electron chi connectivity index (χ1n) is 12.6. The minimum Gasteiger partial charge on any atom is -0.325 e. The van der Waals surface area contributed by atoms with Crippen molar-refractivity contribution in [3.05, 3.63) is 131 Å². The molecule has 0 aliphatic rings. The van der Waals surface area contributed by atoms with Crippen molar-refractivity contribution in [3.8, 4) is 0 Å². The lowest BCUT2D eigenvalue weighted by Gasteiger charge is -2.14. The Balaban J connectivity index is 1.47. The molecule has 0 saturated carbocycles. The van der Waals surface area contributed by atoms with Crippen molar-refractivity contribution < 1.29 is 14.4 Å². The van der Waals surface area contributed by atoms with E-state index in [1.165, 1.54) is 11.8 Å². The number of thioether (sulfide) groups is 1. The quantitative estimate of drug-likeness (QED) is 0.147. The monoisotopic (exact) mass is 569 g/mol. The normalized spacial score (nSPS) is 11.8. The van der Waals surface area contributed by atoms with Crippen LogP contribution >= 0.6 is 23.4 Å². The Hall–Kier alpha value is -4.33. The van der Waals surface area contributed by atoms with E-state index in [2.05, 4.69) is 16.0 Å². The molecule has 4 aromatic carbocycles. The molecule has 1 atom stereocenters. The Bertz CT molecular complexity index is 1540. The van der Waals surface area contributed by atoms with E-state index in [-0.39, 0.29) is 16.9 Å². The third-order valence-electron chi connectivity index (χ3n) is 5.78. The van der Waals surface area contributed by atoms with Crippen LogP contribution in [-0.2, 0) is 9.59 Å². The summed E-state index contributed by atoms with van der Waals surface area (Å²) in [5.41, 5.74) is 3.50. The number of halogens is 1. The molecular formula is C32H28ClN3O3S. The number of carbonyl (C=O) groups excluding carboxylic acids is 3. The van der Waals surface area contributed by atoms with Gasteiger partial charge in [0, 0.05) is 26.9 Å². The second-order valence-corrected chi connectivity index (χ2v) is 10.9. The first-order chi connectivity index (χ1) is 19.3. The van der Waals surface area contributed by atoms with Crippen LogP contribution in [0.3, 0.4) is 0 Å². The molecule has 0 radical (unpaired) electrons. The minimum absolute atomic E-state index is 0.0556. The highest BCUT2D eigenvalue weighted by Crippen LogP contribution is 2.27. The molecule has 40 heavy (non-hydrogen) atoms. The number of carbonyl (C=O) groups is 3. The number of rotatable bonds is 9. The number of hydrogen-bond donors (Lipinski definition) is 3. The topological polar surface area (TPSA) is 87.3 Å². The van der Waals surface area contributed by atoms with Gasteiger partial charge in [0.25, 0.3) is 11.8 Å². The number of amides is 3. The van der Waals surface area contributed by atoms with Crippen molar-refractivity contribution in [2.45, 2.75) is 24.0 Å². The molecule has 0 aliphatic carbocycles. The Kier molecular flexibility index (Phi) is 9.78. The highest BCUT2D eigenvalue weighted by atomic mass is 35.5. The molecule has 6 nitrogen and oxygen atoms in total. The van der Waals surface area contributed by atoms with Gasteiger partial charge in [0.2, 0.25) is 5.91 Å². The third kappa shape index (κ3) is 8.33. The largest absolute Gasteiger partial charge is 0.325 e. The molecule has 0 aromatic heterocycles. The number of anilines is 2. The Labute approximate surface area is 242 Å². The fraction of sp³-hybridized carbons (Fsp3) is 0.0938. The van der Waals surface area contributed by atoms with Gasteiger partial charge in [-0.05, 0) is 80.1 Å². The van der Waals surface area contributed by atoms with Gasteiger partial charge in [-0.15, -0.1) is 11.8 Å². The maximum Gasteiger partial charge on any atom is 0.272 e. The van der Waals surface area contributed by atoms with Gasteiger partial charge in [0.05, 0.1) is 5.25 Å². The third-order valence-corrected chi connectivity index (χ3v) is 7.11. The highest BCUT2D eigenvalue weighted by Gasteiger charge is 2.17. The van der Waals surface area contributed by atoms with Crippen LogP contribution < -0.4 is 16.0 Å². The smallest absolute Gasteiger partial charge is 0.272 e. The van der Waals surface area contributed by atoms with Crippen LogP contribution in [0, 0.1) is 6.92 Å². The van der Waals surface area contributed by atoms with Crippen LogP contribution in [0.4, 0.5) is 11.4 Å². The van der Waals surface area contributed by atoms with Crippen LogP contribution in [0.5, 0.6) is 0 Å². The molecule has 0 bridgehead atoms. The zero-order valence-electron chi connectivity index (χ0n) is 22.0. The summed E-state index contributed by atoms with van der Waals surface area (Å²) >= 11 is 7.50. The SMILES string of the molecule is Cc1ccc(NC(=O)C(C)Sc2cccc(NC(=O)/C(=C/c3cccc(Cl)c3)NC(=O)c3ccccc3)c2)cc1. The van der Waals surface area contributed by atoms with Crippen molar-refractivity contribution in [2.24, 2.45) is 0 Å². The van der Waals surface area contributed by atoms with E-state index in [9.17, 15) is 14.4 Å². The van der Waals surface area contributed by atoms with Gasteiger partial charge >= 0.3 is 0 Å². The van der Waals surface area contributed by atoms with E-state index in [1.54, 1.807) is 72.8 Å². The zero-order chi connectivity index (χ0) is 28.5. The molecular weight excluding hydrogens is 542 g/mol. The second-order valence-electron chi connectivity index (χ2n) is 9.03. The van der Waals surface area contributed by atoms with Crippen molar-refractivity contribution in [3.63, 3.8) is 0 Å². The van der Waals surface area contributed by atoms with Gasteiger partial charge in [0.1, 0.15) is 5.70 Å². The summed E-state index contributed by atoms with van der Waals surface area (Å²) in [5.74, 6) is -1.04. The number of nitrogens with one attached hydrogen (secondary N) is 3. The van der Waals surface area contributed by atoms with Crippen molar-refractivity contribution in [2.75, 3.05) is 10.6 Å². The van der Waals surface area contributed by atoms with E-state index in [0.29, 0.717) is 21.8 Å². The molecule has 3 N–H and O–H groups in total. The van der Waals surface area contributed by atoms with Crippen molar-refractivity contribution in [1.82, 2.24) is 5.32 Å². The zero-order valence-corrected chi connectivity index (χ0v) is 23.6. The van der Waals surface area contributed by atoms with E-state index in [0.717, 1.165) is 16.1 Å². The summed E-state index contributed by atoms with van der Waals surface area (Å²) in [6.45, 7) is 3.81. The Morgan fingerprint density at radius 3 is 2.25 bits per heavy atom. The van der Waals surface area contributed by atoms with Crippen LogP contribution in [0.15, 0.2) is 114 Å². The van der Waals surface area contributed by atoms with Crippen LogP contribution in [0.25, 0.3) is 6.08 Å². The molecule has 0 aliphatic heterocycles.